The number of rotatable bonds is 2. The summed E-state index contributed by atoms with van der Waals surface area (Å²) in [6.45, 7) is 0. The Balaban J connectivity index is 1.68. The van der Waals surface area contributed by atoms with Gasteiger partial charge in [-0.15, -0.1) is 10.2 Å². The van der Waals surface area contributed by atoms with Crippen molar-refractivity contribution in [1.82, 2.24) is 19.9 Å². The average Bonchev–Trinajstić information content (AvgIpc) is 3.00. The number of hydrogen-bond donors (Lipinski definition) is 0. The molecule has 0 aliphatic carbocycles. The van der Waals surface area contributed by atoms with Gasteiger partial charge in [-0.2, -0.15) is 9.78 Å². The summed E-state index contributed by atoms with van der Waals surface area (Å²) in [5, 5.41) is 13.7. The highest BCUT2D eigenvalue weighted by Crippen LogP contribution is 2.32. The summed E-state index contributed by atoms with van der Waals surface area (Å²) in [7, 11) is 0. The second-order valence-electron chi connectivity index (χ2n) is 4.66. The molecule has 0 atom stereocenters. The number of pyridine rings is 1. The van der Waals surface area contributed by atoms with Crippen LogP contribution in [0, 0.1) is 0 Å². The van der Waals surface area contributed by atoms with Gasteiger partial charge in [0.2, 0.25) is 5.16 Å². The van der Waals surface area contributed by atoms with Gasteiger partial charge in [-0.1, -0.05) is 30.3 Å². The van der Waals surface area contributed by atoms with E-state index >= 15 is 0 Å². The van der Waals surface area contributed by atoms with E-state index in [9.17, 15) is 0 Å². The Morgan fingerprint density at radius 3 is 2.59 bits per heavy atom. The number of benzene rings is 1. The smallest absolute Gasteiger partial charge is 0.217 e. The first-order chi connectivity index (χ1) is 10.9. The Morgan fingerprint density at radius 1 is 0.955 bits per heavy atom. The van der Waals surface area contributed by atoms with Gasteiger partial charge in [0, 0.05) is 22.9 Å². The fraction of sp³-hybridized carbons (Fsp3) is 0. The maximum absolute atomic E-state index is 4.46. The predicted octanol–water partition coefficient (Wildman–Crippen LogP) is 3.32. The Morgan fingerprint density at radius 2 is 1.77 bits per heavy atom. The molecule has 4 rings (SSSR count). The summed E-state index contributed by atoms with van der Waals surface area (Å²) in [4.78, 5) is 5.05. The molecule has 0 saturated carbocycles. The monoisotopic (exact) mass is 305 g/mol. The van der Waals surface area contributed by atoms with E-state index in [1.54, 1.807) is 28.8 Å². The molecule has 5 nitrogen and oxygen atoms in total. The zero-order chi connectivity index (χ0) is 14.8. The van der Waals surface area contributed by atoms with Gasteiger partial charge < -0.3 is 0 Å². The highest BCUT2D eigenvalue weighted by Gasteiger charge is 2.18. The third-order valence-electron chi connectivity index (χ3n) is 3.17. The minimum absolute atomic E-state index is 0.722. The zero-order valence-electron chi connectivity index (χ0n) is 11.5. The summed E-state index contributed by atoms with van der Waals surface area (Å²) in [5.41, 5.74) is 2.08. The lowest BCUT2D eigenvalue weighted by Crippen LogP contribution is -2.01. The maximum Gasteiger partial charge on any atom is 0.217 e. The Hall–Kier alpha value is -2.73. The van der Waals surface area contributed by atoms with Crippen LogP contribution < -0.4 is 0 Å². The predicted molar refractivity (Wildman–Crippen MR) is 87.4 cm³/mol. The lowest BCUT2D eigenvalue weighted by molar-refractivity contribution is 0.770. The second kappa shape index (κ2) is 5.57. The molecular formula is C16H11N5S. The quantitative estimate of drug-likeness (QED) is 0.729. The summed E-state index contributed by atoms with van der Waals surface area (Å²) in [6.07, 6.45) is 7.38. The fourth-order valence-electron chi connectivity index (χ4n) is 2.14. The van der Waals surface area contributed by atoms with Crippen molar-refractivity contribution in [2.75, 3.05) is 0 Å². The van der Waals surface area contributed by atoms with Crippen molar-refractivity contribution in [3.63, 3.8) is 0 Å². The Kier molecular flexibility index (Phi) is 3.29. The van der Waals surface area contributed by atoms with E-state index in [1.807, 2.05) is 36.5 Å². The van der Waals surface area contributed by atoms with E-state index in [1.165, 1.54) is 0 Å². The highest BCUT2D eigenvalue weighted by atomic mass is 32.2. The van der Waals surface area contributed by atoms with Crippen LogP contribution in [0.3, 0.4) is 0 Å². The van der Waals surface area contributed by atoms with Gasteiger partial charge >= 0.3 is 0 Å². The molecule has 1 aliphatic rings. The molecule has 1 aliphatic heterocycles. The minimum Gasteiger partial charge on any atom is -0.265 e. The maximum atomic E-state index is 4.46. The van der Waals surface area contributed by atoms with Crippen molar-refractivity contribution in [3.05, 3.63) is 65.3 Å². The Bertz CT molecular complexity index is 853. The fourth-order valence-corrected chi connectivity index (χ4v) is 2.95. The first-order valence-electron chi connectivity index (χ1n) is 6.75. The molecule has 0 amide bonds. The standard InChI is InChI=1S/C16H11N5S/c1-2-4-12(5-3-1)10-14-11-18-21-15(19-20-16(21)22-14)13-6-8-17-9-7-13/h1-11H. The SMILES string of the molecule is C1=Nn2c(nnc2-c2ccncc2)SC1=Cc1ccccc1. The normalized spacial score (nSPS) is 15.0. The highest BCUT2D eigenvalue weighted by molar-refractivity contribution is 8.04. The van der Waals surface area contributed by atoms with Gasteiger partial charge in [-0.05, 0) is 35.5 Å². The van der Waals surface area contributed by atoms with E-state index in [0.29, 0.717) is 0 Å². The summed E-state index contributed by atoms with van der Waals surface area (Å²) >= 11 is 1.55. The van der Waals surface area contributed by atoms with Crippen LogP contribution in [0.15, 0.2) is 70.0 Å². The number of allylic oxidation sites excluding steroid dienone is 1. The molecular weight excluding hydrogens is 294 g/mol. The molecule has 3 aromatic rings. The lowest BCUT2D eigenvalue weighted by Gasteiger charge is -2.09. The van der Waals surface area contributed by atoms with Crippen molar-refractivity contribution < 1.29 is 0 Å². The molecule has 0 spiro atoms. The van der Waals surface area contributed by atoms with E-state index in [4.69, 9.17) is 0 Å². The van der Waals surface area contributed by atoms with Gasteiger partial charge in [0.25, 0.3) is 0 Å². The van der Waals surface area contributed by atoms with Crippen molar-refractivity contribution in [1.29, 1.82) is 0 Å². The summed E-state index contributed by atoms with van der Waals surface area (Å²) in [6, 6.07) is 13.9. The molecule has 3 heterocycles. The van der Waals surface area contributed by atoms with E-state index in [2.05, 4.69) is 38.5 Å². The third-order valence-corrected chi connectivity index (χ3v) is 4.06. The number of hydrogen-bond acceptors (Lipinski definition) is 5. The molecule has 0 N–H and O–H groups in total. The first-order valence-corrected chi connectivity index (χ1v) is 7.56. The van der Waals surface area contributed by atoms with Crippen LogP contribution in [-0.2, 0) is 0 Å². The molecule has 106 valence electrons. The zero-order valence-corrected chi connectivity index (χ0v) is 12.3. The minimum atomic E-state index is 0.722. The van der Waals surface area contributed by atoms with Crippen LogP contribution in [0.25, 0.3) is 17.5 Å². The number of aromatic nitrogens is 4. The molecule has 0 fully saturated rings. The van der Waals surface area contributed by atoms with Crippen LogP contribution in [0.1, 0.15) is 5.56 Å². The summed E-state index contributed by atoms with van der Waals surface area (Å²) < 4.78 is 1.75. The first kappa shape index (κ1) is 13.0. The topological polar surface area (TPSA) is 56.0 Å². The van der Waals surface area contributed by atoms with Crippen molar-refractivity contribution >= 4 is 24.1 Å². The van der Waals surface area contributed by atoms with E-state index in [0.717, 1.165) is 27.0 Å². The third kappa shape index (κ3) is 2.44. The van der Waals surface area contributed by atoms with E-state index < -0.39 is 0 Å². The van der Waals surface area contributed by atoms with Crippen LogP contribution in [0.2, 0.25) is 0 Å². The van der Waals surface area contributed by atoms with Gasteiger partial charge in [-0.3, -0.25) is 4.98 Å². The average molecular weight is 305 g/mol. The van der Waals surface area contributed by atoms with Crippen molar-refractivity contribution in [3.8, 4) is 11.4 Å². The second-order valence-corrected chi connectivity index (χ2v) is 5.70. The lowest BCUT2D eigenvalue weighted by atomic mass is 10.2. The van der Waals surface area contributed by atoms with Gasteiger partial charge in [0.1, 0.15) is 0 Å². The molecule has 6 heteroatoms. The van der Waals surface area contributed by atoms with Crippen LogP contribution in [0.5, 0.6) is 0 Å². The molecule has 0 bridgehead atoms. The van der Waals surface area contributed by atoms with Crippen LogP contribution in [0.4, 0.5) is 0 Å². The number of nitrogens with zero attached hydrogens (tertiary/aromatic N) is 5. The molecule has 0 saturated heterocycles. The van der Waals surface area contributed by atoms with Crippen LogP contribution in [-0.4, -0.2) is 26.1 Å². The summed E-state index contributed by atoms with van der Waals surface area (Å²) in [5.74, 6) is 0.722. The molecule has 1 aromatic carbocycles. The van der Waals surface area contributed by atoms with E-state index in [-0.39, 0.29) is 0 Å². The van der Waals surface area contributed by atoms with Crippen LogP contribution >= 0.6 is 11.8 Å². The molecule has 22 heavy (non-hydrogen) atoms. The number of thioether (sulfide) groups is 1. The van der Waals surface area contributed by atoms with Gasteiger partial charge in [0.05, 0.1) is 6.21 Å². The molecule has 0 unspecified atom stereocenters. The van der Waals surface area contributed by atoms with Gasteiger partial charge in [-0.25, -0.2) is 0 Å². The molecule has 2 aromatic heterocycles. The molecule has 0 radical (unpaired) electrons. The largest absolute Gasteiger partial charge is 0.265 e. The Labute approximate surface area is 131 Å². The van der Waals surface area contributed by atoms with Crippen molar-refractivity contribution in [2.45, 2.75) is 5.16 Å². The number of fused-ring (bicyclic) bond motifs is 1. The van der Waals surface area contributed by atoms with Gasteiger partial charge in [0.15, 0.2) is 5.82 Å². The van der Waals surface area contributed by atoms with Crippen molar-refractivity contribution in [2.24, 2.45) is 5.10 Å².